The molecule has 1 amide bonds. The summed E-state index contributed by atoms with van der Waals surface area (Å²) in [7, 11) is 2.99. The molecular formula is C18H16ClFN2O3S. The summed E-state index contributed by atoms with van der Waals surface area (Å²) in [4.78, 5) is 15.6. The molecule has 26 heavy (non-hydrogen) atoms. The Balaban J connectivity index is 1.84. The summed E-state index contributed by atoms with van der Waals surface area (Å²) in [5.74, 6) is 0.365. The number of hydrogen-bond acceptors (Lipinski definition) is 4. The van der Waals surface area contributed by atoms with Crippen LogP contribution in [0.5, 0.6) is 11.5 Å². The maximum Gasteiger partial charge on any atom is 0.252 e. The SMILES string of the molecule is COc1ccc(N2C(=O)CN(Cc3ccc(F)cc3OC)C2=S)cc1Cl. The Morgan fingerprint density at radius 2 is 1.88 bits per heavy atom. The van der Waals surface area contributed by atoms with E-state index in [0.29, 0.717) is 33.9 Å². The maximum atomic E-state index is 13.4. The van der Waals surface area contributed by atoms with Gasteiger partial charge in [0.25, 0.3) is 5.91 Å². The summed E-state index contributed by atoms with van der Waals surface area (Å²) in [6, 6.07) is 9.30. The van der Waals surface area contributed by atoms with Crippen molar-refractivity contribution in [2.24, 2.45) is 0 Å². The van der Waals surface area contributed by atoms with Gasteiger partial charge in [0.2, 0.25) is 0 Å². The molecule has 0 aromatic heterocycles. The highest BCUT2D eigenvalue weighted by Gasteiger charge is 2.34. The minimum Gasteiger partial charge on any atom is -0.496 e. The van der Waals surface area contributed by atoms with E-state index >= 15 is 0 Å². The molecular weight excluding hydrogens is 379 g/mol. The number of carbonyl (C=O) groups excluding carboxylic acids is 1. The summed E-state index contributed by atoms with van der Waals surface area (Å²) in [5, 5.41) is 0.738. The number of hydrogen-bond donors (Lipinski definition) is 0. The number of ether oxygens (including phenoxy) is 2. The Morgan fingerprint density at radius 3 is 2.54 bits per heavy atom. The van der Waals surface area contributed by atoms with Crippen LogP contribution in [0.15, 0.2) is 36.4 Å². The highest BCUT2D eigenvalue weighted by Crippen LogP contribution is 2.32. The highest BCUT2D eigenvalue weighted by molar-refractivity contribution is 7.80. The quantitative estimate of drug-likeness (QED) is 0.724. The average Bonchev–Trinajstić information content (AvgIpc) is 2.90. The van der Waals surface area contributed by atoms with Crippen molar-refractivity contribution in [3.8, 4) is 11.5 Å². The second-order valence-corrected chi connectivity index (χ2v) is 6.42. The number of amides is 1. The first kappa shape index (κ1) is 18.4. The fourth-order valence-corrected chi connectivity index (χ4v) is 3.36. The normalized spacial score (nSPS) is 14.2. The molecule has 136 valence electrons. The first-order valence-corrected chi connectivity index (χ1v) is 8.51. The van der Waals surface area contributed by atoms with Crippen LogP contribution in [-0.2, 0) is 11.3 Å². The zero-order valence-electron chi connectivity index (χ0n) is 14.2. The summed E-state index contributed by atoms with van der Waals surface area (Å²) < 4.78 is 23.7. The van der Waals surface area contributed by atoms with Gasteiger partial charge in [-0.2, -0.15) is 0 Å². The molecule has 1 heterocycles. The summed E-state index contributed by atoms with van der Waals surface area (Å²) in [6.07, 6.45) is 0. The van der Waals surface area contributed by atoms with E-state index in [2.05, 4.69) is 0 Å². The fourth-order valence-electron chi connectivity index (χ4n) is 2.78. The second kappa shape index (κ2) is 7.47. The predicted molar refractivity (Wildman–Crippen MR) is 101 cm³/mol. The van der Waals surface area contributed by atoms with Crippen LogP contribution in [0.2, 0.25) is 5.02 Å². The molecule has 1 saturated heterocycles. The lowest BCUT2D eigenvalue weighted by atomic mass is 10.2. The van der Waals surface area contributed by atoms with Gasteiger partial charge in [0.05, 0.1) is 24.9 Å². The van der Waals surface area contributed by atoms with Gasteiger partial charge in [-0.05, 0) is 36.5 Å². The molecule has 3 rings (SSSR count). The molecule has 2 aromatic rings. The number of benzene rings is 2. The minimum absolute atomic E-state index is 0.114. The average molecular weight is 395 g/mol. The fraction of sp³-hybridized carbons (Fsp3) is 0.222. The molecule has 0 spiro atoms. The first-order valence-electron chi connectivity index (χ1n) is 7.72. The maximum absolute atomic E-state index is 13.4. The molecule has 8 heteroatoms. The lowest BCUT2D eigenvalue weighted by Crippen LogP contribution is -2.32. The van der Waals surface area contributed by atoms with Crippen LogP contribution < -0.4 is 14.4 Å². The van der Waals surface area contributed by atoms with Crippen LogP contribution in [0.1, 0.15) is 5.56 Å². The van der Waals surface area contributed by atoms with Crippen molar-refractivity contribution >= 4 is 40.5 Å². The summed E-state index contributed by atoms with van der Waals surface area (Å²) in [5.41, 5.74) is 1.30. The molecule has 1 aliphatic heterocycles. The summed E-state index contributed by atoms with van der Waals surface area (Å²) >= 11 is 11.6. The largest absolute Gasteiger partial charge is 0.496 e. The van der Waals surface area contributed by atoms with E-state index in [1.54, 1.807) is 29.2 Å². The van der Waals surface area contributed by atoms with Gasteiger partial charge in [-0.3, -0.25) is 9.69 Å². The topological polar surface area (TPSA) is 42.0 Å². The Bertz CT molecular complexity index is 878. The van der Waals surface area contributed by atoms with Crippen LogP contribution in [0, 0.1) is 5.82 Å². The van der Waals surface area contributed by atoms with Crippen molar-refractivity contribution in [3.05, 3.63) is 52.8 Å². The molecule has 2 aromatic carbocycles. The van der Waals surface area contributed by atoms with E-state index in [-0.39, 0.29) is 18.3 Å². The summed E-state index contributed by atoms with van der Waals surface area (Å²) in [6.45, 7) is 0.442. The van der Waals surface area contributed by atoms with Crippen LogP contribution in [0.4, 0.5) is 10.1 Å². The molecule has 0 bridgehead atoms. The second-order valence-electron chi connectivity index (χ2n) is 5.64. The van der Waals surface area contributed by atoms with E-state index < -0.39 is 0 Å². The molecule has 0 atom stereocenters. The number of carbonyl (C=O) groups is 1. The molecule has 0 N–H and O–H groups in total. The third-order valence-electron chi connectivity index (χ3n) is 4.04. The third kappa shape index (κ3) is 3.45. The van der Waals surface area contributed by atoms with Crippen molar-refractivity contribution in [3.63, 3.8) is 0 Å². The van der Waals surface area contributed by atoms with Gasteiger partial charge in [-0.25, -0.2) is 4.39 Å². The van der Waals surface area contributed by atoms with E-state index in [4.69, 9.17) is 33.3 Å². The Labute approximate surface area is 160 Å². The molecule has 0 unspecified atom stereocenters. The zero-order valence-corrected chi connectivity index (χ0v) is 15.7. The van der Waals surface area contributed by atoms with E-state index in [1.807, 2.05) is 0 Å². The van der Waals surface area contributed by atoms with Crippen molar-refractivity contribution in [1.29, 1.82) is 0 Å². The number of rotatable bonds is 5. The Morgan fingerprint density at radius 1 is 1.15 bits per heavy atom. The molecule has 0 aliphatic carbocycles. The Hall–Kier alpha value is -2.38. The monoisotopic (exact) mass is 394 g/mol. The van der Waals surface area contributed by atoms with Gasteiger partial charge in [0, 0.05) is 18.2 Å². The smallest absolute Gasteiger partial charge is 0.252 e. The van der Waals surface area contributed by atoms with E-state index in [9.17, 15) is 9.18 Å². The number of thiocarbonyl (C=S) groups is 1. The van der Waals surface area contributed by atoms with Crippen LogP contribution in [0.3, 0.4) is 0 Å². The zero-order chi connectivity index (χ0) is 18.8. The number of anilines is 1. The van der Waals surface area contributed by atoms with Gasteiger partial charge in [0.1, 0.15) is 23.9 Å². The van der Waals surface area contributed by atoms with Crippen molar-refractivity contribution < 1.29 is 18.7 Å². The van der Waals surface area contributed by atoms with Crippen LogP contribution >= 0.6 is 23.8 Å². The van der Waals surface area contributed by atoms with Crippen molar-refractivity contribution in [2.75, 3.05) is 25.7 Å². The van der Waals surface area contributed by atoms with Gasteiger partial charge in [-0.15, -0.1) is 0 Å². The molecule has 0 saturated carbocycles. The van der Waals surface area contributed by atoms with Gasteiger partial charge < -0.3 is 14.4 Å². The van der Waals surface area contributed by atoms with Crippen molar-refractivity contribution in [1.82, 2.24) is 4.90 Å². The van der Waals surface area contributed by atoms with Crippen LogP contribution in [0.25, 0.3) is 0 Å². The molecule has 1 fully saturated rings. The standard InChI is InChI=1S/C18H16ClFN2O3S/c1-24-15-6-5-13(8-14(15)19)22-17(23)10-21(18(22)26)9-11-3-4-12(20)7-16(11)25-2/h3-8H,9-10H2,1-2H3. The van der Waals surface area contributed by atoms with Crippen molar-refractivity contribution in [2.45, 2.75) is 6.54 Å². The molecule has 1 aliphatic rings. The number of methoxy groups -OCH3 is 2. The van der Waals surface area contributed by atoms with Gasteiger partial charge >= 0.3 is 0 Å². The van der Waals surface area contributed by atoms with Crippen LogP contribution in [-0.4, -0.2) is 36.7 Å². The first-order chi connectivity index (χ1) is 12.4. The lowest BCUT2D eigenvalue weighted by molar-refractivity contribution is -0.116. The highest BCUT2D eigenvalue weighted by atomic mass is 35.5. The Kier molecular flexibility index (Phi) is 5.29. The van der Waals surface area contributed by atoms with E-state index in [1.165, 1.54) is 31.3 Å². The lowest BCUT2D eigenvalue weighted by Gasteiger charge is -2.21. The third-order valence-corrected chi connectivity index (χ3v) is 4.78. The minimum atomic E-state index is -0.389. The van der Waals surface area contributed by atoms with Gasteiger partial charge in [0.15, 0.2) is 5.11 Å². The molecule has 0 radical (unpaired) electrons. The molecule has 5 nitrogen and oxygen atoms in total. The van der Waals surface area contributed by atoms with E-state index in [0.717, 1.165) is 5.56 Å². The predicted octanol–water partition coefficient (Wildman–Crippen LogP) is 3.63. The number of halogens is 2. The number of nitrogens with zero attached hydrogens (tertiary/aromatic N) is 2. The van der Waals surface area contributed by atoms with Gasteiger partial charge in [-0.1, -0.05) is 17.7 Å².